The molecule has 5 rings (SSSR count). The van der Waals surface area contributed by atoms with Gasteiger partial charge in [0.05, 0.1) is 17.6 Å². The smallest absolute Gasteiger partial charge is 0.375 e. The molecule has 2 heterocycles. The van der Waals surface area contributed by atoms with Gasteiger partial charge in [-0.3, -0.25) is 4.79 Å². The topological polar surface area (TPSA) is 84.2 Å². The first-order chi connectivity index (χ1) is 17.4. The van der Waals surface area contributed by atoms with Crippen molar-refractivity contribution in [2.24, 2.45) is 0 Å². The van der Waals surface area contributed by atoms with Crippen molar-refractivity contribution in [2.75, 3.05) is 19.8 Å². The SMILES string of the molecule is CCOC(=O)c1oc2cc(OCc3ccc(Cl)cc3Cl)ccc2c(=O)c1-c1ccc2c(c1)OCCO2. The maximum atomic E-state index is 13.6. The summed E-state index contributed by atoms with van der Waals surface area (Å²) >= 11 is 12.2. The Balaban J connectivity index is 1.56. The van der Waals surface area contributed by atoms with Gasteiger partial charge in [-0.2, -0.15) is 0 Å². The minimum Gasteiger partial charge on any atom is -0.489 e. The van der Waals surface area contributed by atoms with E-state index in [0.29, 0.717) is 46.1 Å². The van der Waals surface area contributed by atoms with Crippen LogP contribution in [-0.2, 0) is 11.3 Å². The lowest BCUT2D eigenvalue weighted by atomic mass is 10.0. The maximum absolute atomic E-state index is 13.6. The summed E-state index contributed by atoms with van der Waals surface area (Å²) < 4.78 is 28.2. The average molecular weight is 527 g/mol. The van der Waals surface area contributed by atoms with Crippen LogP contribution in [-0.4, -0.2) is 25.8 Å². The van der Waals surface area contributed by atoms with Crippen LogP contribution in [0.2, 0.25) is 10.0 Å². The molecule has 184 valence electrons. The highest BCUT2D eigenvalue weighted by Gasteiger charge is 2.25. The molecule has 1 aliphatic rings. The van der Waals surface area contributed by atoms with Crippen molar-refractivity contribution in [3.05, 3.63) is 86.2 Å². The summed E-state index contributed by atoms with van der Waals surface area (Å²) in [4.78, 5) is 26.4. The normalized spacial score (nSPS) is 12.4. The van der Waals surface area contributed by atoms with E-state index in [1.54, 1.807) is 61.5 Å². The molecule has 36 heavy (non-hydrogen) atoms. The van der Waals surface area contributed by atoms with Crippen molar-refractivity contribution in [3.63, 3.8) is 0 Å². The van der Waals surface area contributed by atoms with Gasteiger partial charge in [0.25, 0.3) is 0 Å². The summed E-state index contributed by atoms with van der Waals surface area (Å²) in [6, 6.07) is 15.0. The van der Waals surface area contributed by atoms with Gasteiger partial charge in [0, 0.05) is 21.7 Å². The van der Waals surface area contributed by atoms with Crippen LogP contribution in [0, 0.1) is 0 Å². The van der Waals surface area contributed by atoms with E-state index in [9.17, 15) is 9.59 Å². The summed E-state index contributed by atoms with van der Waals surface area (Å²) in [7, 11) is 0. The molecule has 0 spiro atoms. The number of rotatable bonds is 6. The van der Waals surface area contributed by atoms with Crippen molar-refractivity contribution in [1.82, 2.24) is 0 Å². The second kappa shape index (κ2) is 10.1. The van der Waals surface area contributed by atoms with Crippen molar-refractivity contribution >= 4 is 40.1 Å². The standard InChI is InChI=1S/C27H20Cl2O7/c1-2-32-27(31)26-24(15-4-8-21-23(11-15)34-10-9-33-21)25(30)19-7-6-18(13-22(19)36-26)35-14-16-3-5-17(28)12-20(16)29/h3-8,11-13H,2,9-10,14H2,1H3. The highest BCUT2D eigenvalue weighted by atomic mass is 35.5. The molecule has 1 aromatic heterocycles. The highest BCUT2D eigenvalue weighted by molar-refractivity contribution is 6.35. The largest absolute Gasteiger partial charge is 0.489 e. The fraction of sp³-hybridized carbons (Fsp3) is 0.185. The molecular weight excluding hydrogens is 507 g/mol. The van der Waals surface area contributed by atoms with E-state index in [1.165, 1.54) is 0 Å². The van der Waals surface area contributed by atoms with Crippen molar-refractivity contribution < 1.29 is 28.2 Å². The Morgan fingerprint density at radius 2 is 1.78 bits per heavy atom. The number of fused-ring (bicyclic) bond motifs is 2. The molecule has 0 aliphatic carbocycles. The zero-order valence-electron chi connectivity index (χ0n) is 19.1. The molecule has 0 bridgehead atoms. The van der Waals surface area contributed by atoms with Crippen LogP contribution >= 0.6 is 23.2 Å². The van der Waals surface area contributed by atoms with Crippen LogP contribution in [0.15, 0.2) is 63.8 Å². The maximum Gasteiger partial charge on any atom is 0.375 e. The van der Waals surface area contributed by atoms with E-state index in [2.05, 4.69) is 0 Å². The fourth-order valence-electron chi connectivity index (χ4n) is 3.86. The summed E-state index contributed by atoms with van der Waals surface area (Å²) in [5.74, 6) is 0.524. The Labute approximate surface area is 216 Å². The van der Waals surface area contributed by atoms with Crippen LogP contribution < -0.4 is 19.6 Å². The molecule has 3 aromatic carbocycles. The van der Waals surface area contributed by atoms with Gasteiger partial charge < -0.3 is 23.4 Å². The van der Waals surface area contributed by atoms with Crippen LogP contribution in [0.4, 0.5) is 0 Å². The van der Waals surface area contributed by atoms with E-state index >= 15 is 0 Å². The molecule has 9 heteroatoms. The predicted molar refractivity (Wildman–Crippen MR) is 136 cm³/mol. The molecule has 1 aliphatic heterocycles. The van der Waals surface area contributed by atoms with Crippen LogP contribution in [0.5, 0.6) is 17.2 Å². The molecule has 0 unspecified atom stereocenters. The molecule has 0 radical (unpaired) electrons. The molecule has 0 atom stereocenters. The lowest BCUT2D eigenvalue weighted by molar-refractivity contribution is 0.0492. The molecule has 7 nitrogen and oxygen atoms in total. The number of esters is 1. The van der Waals surface area contributed by atoms with Gasteiger partial charge in [0.2, 0.25) is 11.2 Å². The minimum atomic E-state index is -0.749. The second-order valence-electron chi connectivity index (χ2n) is 7.90. The fourth-order valence-corrected chi connectivity index (χ4v) is 4.33. The average Bonchev–Trinajstić information content (AvgIpc) is 2.88. The second-order valence-corrected chi connectivity index (χ2v) is 8.74. The Bertz CT molecular complexity index is 1530. The lowest BCUT2D eigenvalue weighted by Gasteiger charge is -2.19. The molecule has 4 aromatic rings. The van der Waals surface area contributed by atoms with Gasteiger partial charge in [-0.1, -0.05) is 35.3 Å². The number of ether oxygens (including phenoxy) is 4. The number of carbonyl (C=O) groups is 1. The van der Waals surface area contributed by atoms with E-state index < -0.39 is 5.97 Å². The first-order valence-corrected chi connectivity index (χ1v) is 11.9. The quantitative estimate of drug-likeness (QED) is 0.273. The van der Waals surface area contributed by atoms with Gasteiger partial charge in [-0.25, -0.2) is 4.79 Å². The molecule has 0 fully saturated rings. The molecule has 0 saturated carbocycles. The minimum absolute atomic E-state index is 0.0829. The van der Waals surface area contributed by atoms with Gasteiger partial charge >= 0.3 is 5.97 Å². The van der Waals surface area contributed by atoms with Crippen molar-refractivity contribution in [1.29, 1.82) is 0 Å². The van der Waals surface area contributed by atoms with Crippen molar-refractivity contribution in [2.45, 2.75) is 13.5 Å². The number of hydrogen-bond donors (Lipinski definition) is 0. The van der Waals surface area contributed by atoms with Gasteiger partial charge in [0.15, 0.2) is 11.5 Å². The number of benzene rings is 3. The van der Waals surface area contributed by atoms with Gasteiger partial charge in [-0.15, -0.1) is 0 Å². The zero-order valence-corrected chi connectivity index (χ0v) is 20.7. The summed E-state index contributed by atoms with van der Waals surface area (Å²) in [6.45, 7) is 2.79. The third kappa shape index (κ3) is 4.72. The van der Waals surface area contributed by atoms with Gasteiger partial charge in [0.1, 0.15) is 31.2 Å². The molecule has 0 amide bonds. The molecular formula is C27H20Cl2O7. The number of carbonyl (C=O) groups excluding carboxylic acids is 1. The Morgan fingerprint density at radius 1 is 0.972 bits per heavy atom. The zero-order chi connectivity index (χ0) is 25.2. The summed E-state index contributed by atoms with van der Waals surface area (Å²) in [5, 5.41) is 1.28. The van der Waals surface area contributed by atoms with E-state index in [0.717, 1.165) is 5.56 Å². The third-order valence-corrected chi connectivity index (χ3v) is 6.15. The Hall–Kier alpha value is -3.68. The van der Waals surface area contributed by atoms with Gasteiger partial charge in [-0.05, 0) is 48.9 Å². The van der Waals surface area contributed by atoms with Crippen LogP contribution in [0.1, 0.15) is 23.0 Å². The molecule has 0 N–H and O–H groups in total. The molecule has 0 saturated heterocycles. The number of hydrogen-bond acceptors (Lipinski definition) is 7. The van der Waals surface area contributed by atoms with Crippen molar-refractivity contribution in [3.8, 4) is 28.4 Å². The first-order valence-electron chi connectivity index (χ1n) is 11.2. The van der Waals surface area contributed by atoms with E-state index in [-0.39, 0.29) is 40.9 Å². The highest BCUT2D eigenvalue weighted by Crippen LogP contribution is 2.36. The third-order valence-electron chi connectivity index (χ3n) is 5.56. The first kappa shape index (κ1) is 24.0. The van der Waals surface area contributed by atoms with Crippen LogP contribution in [0.25, 0.3) is 22.1 Å². The lowest BCUT2D eigenvalue weighted by Crippen LogP contribution is -2.17. The number of halogens is 2. The summed E-state index contributed by atoms with van der Waals surface area (Å²) in [6.07, 6.45) is 0. The van der Waals surface area contributed by atoms with Crippen LogP contribution in [0.3, 0.4) is 0 Å². The Morgan fingerprint density at radius 3 is 2.56 bits per heavy atom. The summed E-state index contributed by atoms with van der Waals surface area (Å²) in [5.41, 5.74) is 1.08. The monoisotopic (exact) mass is 526 g/mol. The van der Waals surface area contributed by atoms with E-state index in [1.807, 2.05) is 0 Å². The Kier molecular flexibility index (Phi) is 6.76. The van der Waals surface area contributed by atoms with E-state index in [4.69, 9.17) is 46.6 Å². The predicted octanol–water partition coefficient (Wildman–Crippen LogP) is 6.29.